The van der Waals surface area contributed by atoms with Crippen molar-refractivity contribution >= 4 is 0 Å². The molecular formula is C10H12F2O. The molecule has 1 nitrogen and oxygen atoms in total. The number of benzene rings is 1. The smallest absolute Gasteiger partial charge is 0.387 e. The molecule has 0 aliphatic carbocycles. The zero-order valence-corrected chi connectivity index (χ0v) is 7.63. The molecule has 0 saturated heterocycles. The average Bonchev–Trinajstić information content (AvgIpc) is 2.04. The van der Waals surface area contributed by atoms with Gasteiger partial charge < -0.3 is 4.74 Å². The molecule has 0 radical (unpaired) electrons. The molecule has 0 spiro atoms. The molecule has 0 saturated carbocycles. The van der Waals surface area contributed by atoms with Crippen molar-refractivity contribution in [3.63, 3.8) is 0 Å². The largest absolute Gasteiger partial charge is 0.435 e. The number of alkyl halides is 2. The van der Waals surface area contributed by atoms with Gasteiger partial charge in [-0.1, -0.05) is 26.0 Å². The van der Waals surface area contributed by atoms with Crippen LogP contribution in [0.2, 0.25) is 0 Å². The molecular weight excluding hydrogens is 174 g/mol. The average molecular weight is 186 g/mol. The van der Waals surface area contributed by atoms with Gasteiger partial charge >= 0.3 is 6.61 Å². The van der Waals surface area contributed by atoms with Gasteiger partial charge in [0.2, 0.25) is 0 Å². The van der Waals surface area contributed by atoms with Crippen LogP contribution in [0.15, 0.2) is 24.3 Å². The Morgan fingerprint density at radius 1 is 1.08 bits per heavy atom. The second-order valence-electron chi connectivity index (χ2n) is 3.10. The number of hydrogen-bond acceptors (Lipinski definition) is 1. The number of halogens is 2. The molecule has 0 bridgehead atoms. The van der Waals surface area contributed by atoms with E-state index in [0.717, 1.165) is 5.56 Å². The maximum absolute atomic E-state index is 11.8. The molecule has 0 aliphatic rings. The van der Waals surface area contributed by atoms with Crippen molar-refractivity contribution in [1.82, 2.24) is 0 Å². The number of rotatable bonds is 3. The third kappa shape index (κ3) is 3.01. The monoisotopic (exact) mass is 186 g/mol. The Morgan fingerprint density at radius 2 is 1.62 bits per heavy atom. The van der Waals surface area contributed by atoms with Crippen LogP contribution in [-0.2, 0) is 0 Å². The number of hydrogen-bond donors (Lipinski definition) is 0. The molecule has 0 atom stereocenters. The second-order valence-corrected chi connectivity index (χ2v) is 3.10. The van der Waals surface area contributed by atoms with E-state index in [1.165, 1.54) is 0 Å². The van der Waals surface area contributed by atoms with E-state index in [1.54, 1.807) is 24.3 Å². The van der Waals surface area contributed by atoms with Crippen LogP contribution < -0.4 is 4.74 Å². The van der Waals surface area contributed by atoms with Gasteiger partial charge in [-0.3, -0.25) is 0 Å². The summed E-state index contributed by atoms with van der Waals surface area (Å²) in [5.74, 6) is 0.611. The Balaban J connectivity index is 2.70. The van der Waals surface area contributed by atoms with Crippen LogP contribution in [0.5, 0.6) is 5.75 Å². The summed E-state index contributed by atoms with van der Waals surface area (Å²) in [6.45, 7) is 1.34. The molecule has 1 aromatic rings. The Morgan fingerprint density at radius 3 is 2.00 bits per heavy atom. The summed E-state index contributed by atoms with van der Waals surface area (Å²) in [6.07, 6.45) is 0. The molecule has 1 rings (SSSR count). The third-order valence-electron chi connectivity index (χ3n) is 1.77. The SMILES string of the molecule is CC(C)c1ccc(OC(F)F)cc1. The predicted molar refractivity (Wildman–Crippen MR) is 47.2 cm³/mol. The summed E-state index contributed by atoms with van der Waals surface area (Å²) in [6, 6.07) is 6.70. The molecule has 0 unspecified atom stereocenters. The first-order chi connectivity index (χ1) is 6.09. The quantitative estimate of drug-likeness (QED) is 0.702. The lowest BCUT2D eigenvalue weighted by Gasteiger charge is -2.07. The zero-order chi connectivity index (χ0) is 9.84. The summed E-state index contributed by atoms with van der Waals surface area (Å²) in [5, 5.41) is 0. The van der Waals surface area contributed by atoms with Crippen molar-refractivity contribution in [2.45, 2.75) is 26.4 Å². The summed E-state index contributed by atoms with van der Waals surface area (Å²) >= 11 is 0. The van der Waals surface area contributed by atoms with Crippen molar-refractivity contribution in [2.75, 3.05) is 0 Å². The van der Waals surface area contributed by atoms with E-state index in [-0.39, 0.29) is 5.75 Å². The fourth-order valence-corrected chi connectivity index (χ4v) is 1.03. The molecule has 0 N–H and O–H groups in total. The highest BCUT2D eigenvalue weighted by Gasteiger charge is 2.04. The van der Waals surface area contributed by atoms with Gasteiger partial charge in [0.25, 0.3) is 0 Å². The fourth-order valence-electron chi connectivity index (χ4n) is 1.03. The predicted octanol–water partition coefficient (Wildman–Crippen LogP) is 3.41. The standard InChI is InChI=1S/C10H12F2O/c1-7(2)8-3-5-9(6-4-8)13-10(11)12/h3-7,10H,1-2H3. The van der Waals surface area contributed by atoms with E-state index in [9.17, 15) is 8.78 Å². The van der Waals surface area contributed by atoms with Gasteiger partial charge in [-0.05, 0) is 23.6 Å². The van der Waals surface area contributed by atoms with E-state index in [2.05, 4.69) is 4.74 Å². The van der Waals surface area contributed by atoms with Gasteiger partial charge in [0.15, 0.2) is 0 Å². The van der Waals surface area contributed by atoms with Crippen molar-refractivity contribution < 1.29 is 13.5 Å². The maximum Gasteiger partial charge on any atom is 0.387 e. The molecule has 0 amide bonds. The second kappa shape index (κ2) is 4.21. The van der Waals surface area contributed by atoms with Crippen LogP contribution in [0.25, 0.3) is 0 Å². The first kappa shape index (κ1) is 9.96. The van der Waals surface area contributed by atoms with Crippen LogP contribution in [0, 0.1) is 0 Å². The molecule has 0 aromatic heterocycles. The van der Waals surface area contributed by atoms with E-state index < -0.39 is 6.61 Å². The van der Waals surface area contributed by atoms with Gasteiger partial charge in [-0.25, -0.2) is 0 Å². The Labute approximate surface area is 76.3 Å². The Bertz CT molecular complexity index is 254. The summed E-state index contributed by atoms with van der Waals surface area (Å²) in [4.78, 5) is 0. The summed E-state index contributed by atoms with van der Waals surface area (Å²) in [7, 11) is 0. The highest BCUT2D eigenvalue weighted by Crippen LogP contribution is 2.19. The van der Waals surface area contributed by atoms with Crippen LogP contribution in [-0.4, -0.2) is 6.61 Å². The Hall–Kier alpha value is -1.12. The summed E-state index contributed by atoms with van der Waals surface area (Å²) < 4.78 is 27.7. The number of ether oxygens (including phenoxy) is 1. The third-order valence-corrected chi connectivity index (χ3v) is 1.77. The minimum absolute atomic E-state index is 0.208. The normalized spacial score (nSPS) is 10.9. The van der Waals surface area contributed by atoms with Crippen molar-refractivity contribution in [2.24, 2.45) is 0 Å². The van der Waals surface area contributed by atoms with Crippen LogP contribution in [0.4, 0.5) is 8.78 Å². The molecule has 3 heteroatoms. The van der Waals surface area contributed by atoms with Gasteiger partial charge in [-0.2, -0.15) is 8.78 Å². The molecule has 0 aliphatic heterocycles. The lowest BCUT2D eigenvalue weighted by Crippen LogP contribution is -2.01. The van der Waals surface area contributed by atoms with E-state index in [0.29, 0.717) is 5.92 Å². The van der Waals surface area contributed by atoms with Crippen LogP contribution >= 0.6 is 0 Å². The summed E-state index contributed by atoms with van der Waals surface area (Å²) in [5.41, 5.74) is 1.11. The first-order valence-electron chi connectivity index (χ1n) is 4.14. The minimum Gasteiger partial charge on any atom is -0.435 e. The molecule has 13 heavy (non-hydrogen) atoms. The van der Waals surface area contributed by atoms with Crippen molar-refractivity contribution in [3.8, 4) is 5.75 Å². The van der Waals surface area contributed by atoms with Crippen molar-refractivity contribution in [3.05, 3.63) is 29.8 Å². The molecule has 1 aromatic carbocycles. The first-order valence-corrected chi connectivity index (χ1v) is 4.14. The van der Waals surface area contributed by atoms with E-state index >= 15 is 0 Å². The van der Waals surface area contributed by atoms with Crippen molar-refractivity contribution in [1.29, 1.82) is 0 Å². The topological polar surface area (TPSA) is 9.23 Å². The highest BCUT2D eigenvalue weighted by molar-refractivity contribution is 5.28. The van der Waals surface area contributed by atoms with Crippen LogP contribution in [0.1, 0.15) is 25.3 Å². The fraction of sp³-hybridized carbons (Fsp3) is 0.400. The lowest BCUT2D eigenvalue weighted by atomic mass is 10.0. The highest BCUT2D eigenvalue weighted by atomic mass is 19.3. The van der Waals surface area contributed by atoms with E-state index in [1.807, 2.05) is 13.8 Å². The molecule has 0 heterocycles. The van der Waals surface area contributed by atoms with Gasteiger partial charge in [0.05, 0.1) is 0 Å². The van der Waals surface area contributed by atoms with E-state index in [4.69, 9.17) is 0 Å². The van der Waals surface area contributed by atoms with Gasteiger partial charge in [-0.15, -0.1) is 0 Å². The molecule has 72 valence electrons. The van der Waals surface area contributed by atoms with Gasteiger partial charge in [0.1, 0.15) is 5.75 Å². The lowest BCUT2D eigenvalue weighted by molar-refractivity contribution is -0.0498. The molecule has 0 fully saturated rings. The van der Waals surface area contributed by atoms with Crippen LogP contribution in [0.3, 0.4) is 0 Å². The minimum atomic E-state index is -2.75. The maximum atomic E-state index is 11.8. The Kier molecular flexibility index (Phi) is 3.23. The zero-order valence-electron chi connectivity index (χ0n) is 7.63. The van der Waals surface area contributed by atoms with Gasteiger partial charge in [0, 0.05) is 0 Å².